The number of nitrogens with one attached hydrogen (secondary N) is 1. The summed E-state index contributed by atoms with van der Waals surface area (Å²) in [5, 5.41) is 2.41. The number of nitrogens with two attached hydrogens (primary N) is 1. The number of halogens is 4. The zero-order valence-corrected chi connectivity index (χ0v) is 16.3. The van der Waals surface area contributed by atoms with Crippen molar-refractivity contribution in [2.24, 2.45) is 16.6 Å². The Hall–Kier alpha value is -3.24. The molecule has 0 saturated heterocycles. The first-order valence-corrected chi connectivity index (χ1v) is 8.85. The lowest BCUT2D eigenvalue weighted by atomic mass is 9.77. The third-order valence-corrected chi connectivity index (χ3v) is 5.07. The van der Waals surface area contributed by atoms with Gasteiger partial charge < -0.3 is 15.8 Å². The molecule has 0 fully saturated rings. The van der Waals surface area contributed by atoms with Crippen LogP contribution in [0, 0.1) is 11.7 Å². The number of rotatable bonds is 4. The van der Waals surface area contributed by atoms with Gasteiger partial charge in [0, 0.05) is 11.3 Å². The van der Waals surface area contributed by atoms with Crippen molar-refractivity contribution in [1.29, 1.82) is 0 Å². The van der Waals surface area contributed by atoms with Crippen LogP contribution in [-0.2, 0) is 5.54 Å². The van der Waals surface area contributed by atoms with Gasteiger partial charge in [-0.05, 0) is 25.1 Å². The number of nitrogens with zero attached hydrogens (tertiary/aromatic N) is 3. The standard InChI is InChI=1S/C19H19F4N5O2/c1-9-15(21)19(22,23)18(2,28-16(9)24)11-6-10(4-5-12(11)20)27-17(29)13-7-26-14(30-3)8-25-13/h4-9,15H,1-3H3,(H2,24,28)(H,27,29)/t9-,15?,18-/m1/s1. The predicted molar refractivity (Wildman–Crippen MR) is 101 cm³/mol. The van der Waals surface area contributed by atoms with Crippen molar-refractivity contribution < 1.29 is 27.1 Å². The van der Waals surface area contributed by atoms with Gasteiger partial charge >= 0.3 is 5.92 Å². The molecule has 1 aliphatic rings. The van der Waals surface area contributed by atoms with Crippen molar-refractivity contribution in [3.8, 4) is 5.88 Å². The van der Waals surface area contributed by atoms with E-state index in [1.165, 1.54) is 26.3 Å². The van der Waals surface area contributed by atoms with Crippen LogP contribution in [0.2, 0.25) is 0 Å². The molecule has 3 rings (SSSR count). The molecule has 2 aromatic rings. The van der Waals surface area contributed by atoms with Crippen LogP contribution in [0.15, 0.2) is 35.6 Å². The number of amides is 1. The number of aliphatic imine (C=N–C) groups is 1. The Morgan fingerprint density at radius 3 is 2.57 bits per heavy atom. The summed E-state index contributed by atoms with van der Waals surface area (Å²) >= 11 is 0. The van der Waals surface area contributed by atoms with Crippen LogP contribution in [-0.4, -0.2) is 40.9 Å². The summed E-state index contributed by atoms with van der Waals surface area (Å²) in [6.45, 7) is 2.08. The highest BCUT2D eigenvalue weighted by Crippen LogP contribution is 2.50. The topological polar surface area (TPSA) is 102 Å². The molecule has 0 radical (unpaired) electrons. The fourth-order valence-electron chi connectivity index (χ4n) is 3.12. The van der Waals surface area contributed by atoms with Crippen LogP contribution in [0.4, 0.5) is 23.2 Å². The fraction of sp³-hybridized carbons (Fsp3) is 0.368. The van der Waals surface area contributed by atoms with Gasteiger partial charge in [-0.15, -0.1) is 0 Å². The van der Waals surface area contributed by atoms with E-state index >= 15 is 0 Å². The number of alkyl halides is 3. The smallest absolute Gasteiger partial charge is 0.307 e. The maximum Gasteiger partial charge on any atom is 0.307 e. The van der Waals surface area contributed by atoms with Crippen LogP contribution in [0.25, 0.3) is 0 Å². The summed E-state index contributed by atoms with van der Waals surface area (Å²) < 4.78 is 63.4. The molecule has 1 amide bonds. The third kappa shape index (κ3) is 3.44. The van der Waals surface area contributed by atoms with Gasteiger partial charge in [-0.1, -0.05) is 6.92 Å². The van der Waals surface area contributed by atoms with Gasteiger partial charge in [0.1, 0.15) is 17.3 Å². The van der Waals surface area contributed by atoms with E-state index in [1.54, 1.807) is 0 Å². The minimum absolute atomic E-state index is 0.0196. The van der Waals surface area contributed by atoms with E-state index in [9.17, 15) is 22.4 Å². The first-order valence-electron chi connectivity index (χ1n) is 8.85. The van der Waals surface area contributed by atoms with Crippen LogP contribution < -0.4 is 15.8 Å². The lowest BCUT2D eigenvalue weighted by Crippen LogP contribution is -2.57. The monoisotopic (exact) mass is 425 g/mol. The quantitative estimate of drug-likeness (QED) is 0.733. The Morgan fingerprint density at radius 2 is 1.97 bits per heavy atom. The first kappa shape index (κ1) is 21.5. The van der Waals surface area contributed by atoms with E-state index in [4.69, 9.17) is 10.5 Å². The molecule has 11 heteroatoms. The predicted octanol–water partition coefficient (Wildman–Crippen LogP) is 3.07. The first-order chi connectivity index (χ1) is 14.0. The van der Waals surface area contributed by atoms with Crippen LogP contribution in [0.5, 0.6) is 5.88 Å². The van der Waals surface area contributed by atoms with E-state index in [0.29, 0.717) is 0 Å². The molecule has 0 bridgehead atoms. The molecule has 1 unspecified atom stereocenters. The van der Waals surface area contributed by atoms with Crippen molar-refractivity contribution in [1.82, 2.24) is 9.97 Å². The van der Waals surface area contributed by atoms with Gasteiger partial charge in [0.25, 0.3) is 5.91 Å². The molecule has 30 heavy (non-hydrogen) atoms. The molecule has 1 aromatic carbocycles. The van der Waals surface area contributed by atoms with E-state index in [0.717, 1.165) is 25.3 Å². The van der Waals surface area contributed by atoms with E-state index in [1.807, 2.05) is 0 Å². The Kier molecular flexibility index (Phi) is 5.40. The molecular weight excluding hydrogens is 406 g/mol. The van der Waals surface area contributed by atoms with Crippen LogP contribution >= 0.6 is 0 Å². The molecule has 1 aliphatic heterocycles. The minimum Gasteiger partial charge on any atom is -0.480 e. The molecule has 7 nitrogen and oxygen atoms in total. The average molecular weight is 425 g/mol. The van der Waals surface area contributed by atoms with Crippen molar-refractivity contribution in [3.63, 3.8) is 0 Å². The van der Waals surface area contributed by atoms with Crippen LogP contribution in [0.3, 0.4) is 0 Å². The second kappa shape index (κ2) is 7.54. The van der Waals surface area contributed by atoms with Gasteiger partial charge in [-0.2, -0.15) is 0 Å². The van der Waals surface area contributed by atoms with Gasteiger partial charge in [-0.25, -0.2) is 27.5 Å². The molecule has 2 heterocycles. The molecule has 3 N–H and O–H groups in total. The Balaban J connectivity index is 1.98. The third-order valence-electron chi connectivity index (χ3n) is 5.07. The zero-order valence-electron chi connectivity index (χ0n) is 16.3. The van der Waals surface area contributed by atoms with Crippen LogP contribution in [0.1, 0.15) is 29.9 Å². The largest absolute Gasteiger partial charge is 0.480 e. The minimum atomic E-state index is -4.04. The highest BCUT2D eigenvalue weighted by molar-refractivity contribution is 6.02. The molecule has 0 saturated carbocycles. The lowest BCUT2D eigenvalue weighted by Gasteiger charge is -2.42. The molecular formula is C19H19F4N5O2. The maximum absolute atomic E-state index is 14.8. The zero-order chi connectivity index (χ0) is 22.3. The fourth-order valence-corrected chi connectivity index (χ4v) is 3.12. The van der Waals surface area contributed by atoms with Gasteiger partial charge in [0.05, 0.1) is 25.4 Å². The number of hydrogen-bond acceptors (Lipinski definition) is 6. The number of aromatic nitrogens is 2. The number of carbonyl (C=O) groups excluding carboxylic acids is 1. The normalized spacial score (nSPS) is 25.4. The molecule has 1 aromatic heterocycles. The van der Waals surface area contributed by atoms with Crippen molar-refractivity contribution in [2.75, 3.05) is 12.4 Å². The highest BCUT2D eigenvalue weighted by atomic mass is 19.3. The number of amidine groups is 1. The van der Waals surface area contributed by atoms with Gasteiger partial charge in [0.15, 0.2) is 11.7 Å². The summed E-state index contributed by atoms with van der Waals surface area (Å²) in [6, 6.07) is 3.02. The number of benzene rings is 1. The molecule has 160 valence electrons. The van der Waals surface area contributed by atoms with E-state index in [2.05, 4.69) is 20.3 Å². The summed E-state index contributed by atoms with van der Waals surface area (Å²) in [5.74, 6) is -7.29. The molecule has 3 atom stereocenters. The van der Waals surface area contributed by atoms with E-state index < -0.39 is 40.8 Å². The molecule has 0 aliphatic carbocycles. The average Bonchev–Trinajstić information content (AvgIpc) is 2.72. The maximum atomic E-state index is 14.8. The number of anilines is 1. The summed E-state index contributed by atoms with van der Waals surface area (Å²) in [4.78, 5) is 23.8. The Labute approximate surface area is 169 Å². The van der Waals surface area contributed by atoms with E-state index in [-0.39, 0.29) is 23.1 Å². The lowest BCUT2D eigenvalue weighted by molar-refractivity contribution is -0.143. The Morgan fingerprint density at radius 1 is 1.27 bits per heavy atom. The number of carbonyl (C=O) groups is 1. The second-order valence-corrected chi connectivity index (χ2v) is 7.02. The summed E-state index contributed by atoms with van der Waals surface area (Å²) in [5.41, 5.74) is 2.31. The van der Waals surface area contributed by atoms with Crippen molar-refractivity contribution in [2.45, 2.75) is 31.5 Å². The summed E-state index contributed by atoms with van der Waals surface area (Å²) in [7, 11) is 1.38. The van der Waals surface area contributed by atoms with Gasteiger partial charge in [0.2, 0.25) is 5.88 Å². The number of methoxy groups -OCH3 is 1. The van der Waals surface area contributed by atoms with Crippen molar-refractivity contribution in [3.05, 3.63) is 47.7 Å². The SMILES string of the molecule is COc1cnc(C(=O)Nc2ccc(F)c([C@@]3(C)N=C(N)[C@H](C)C(F)C3(F)F)c2)cn1. The number of hydrogen-bond donors (Lipinski definition) is 2. The Bertz CT molecular complexity index is 999. The highest BCUT2D eigenvalue weighted by Gasteiger charge is 2.63. The molecule has 0 spiro atoms. The number of ether oxygens (including phenoxy) is 1. The van der Waals surface area contributed by atoms with Gasteiger partial charge in [-0.3, -0.25) is 9.79 Å². The van der Waals surface area contributed by atoms with Crippen molar-refractivity contribution >= 4 is 17.4 Å². The second-order valence-electron chi connectivity index (χ2n) is 7.02. The summed E-state index contributed by atoms with van der Waals surface area (Å²) in [6.07, 6.45) is -0.295.